The summed E-state index contributed by atoms with van der Waals surface area (Å²) in [7, 11) is 0. The van der Waals surface area contributed by atoms with E-state index in [9.17, 15) is 9.18 Å². The average Bonchev–Trinajstić information content (AvgIpc) is 3.02. The van der Waals surface area contributed by atoms with Crippen LogP contribution in [0, 0.1) is 6.92 Å². The van der Waals surface area contributed by atoms with Crippen molar-refractivity contribution in [1.82, 2.24) is 14.5 Å². The van der Waals surface area contributed by atoms with Gasteiger partial charge in [-0.3, -0.25) is 4.79 Å². The van der Waals surface area contributed by atoms with E-state index < -0.39 is 12.2 Å². The maximum atomic E-state index is 13.8. The number of nitrogens with two attached hydrogens (primary N) is 1. The summed E-state index contributed by atoms with van der Waals surface area (Å²) < 4.78 is 21.1. The molecule has 0 aliphatic carbocycles. The lowest BCUT2D eigenvalue weighted by atomic mass is 10.1. The summed E-state index contributed by atoms with van der Waals surface area (Å²) in [5.74, 6) is 0.740. The maximum absolute atomic E-state index is 13.8. The topological polar surface area (TPSA) is 76.6 Å². The van der Waals surface area contributed by atoms with Gasteiger partial charge in [-0.2, -0.15) is 0 Å². The zero-order valence-electron chi connectivity index (χ0n) is 15.6. The summed E-state index contributed by atoms with van der Waals surface area (Å²) in [4.78, 5) is 21.4. The first kappa shape index (κ1) is 18.2. The fourth-order valence-corrected chi connectivity index (χ4v) is 3.81. The van der Waals surface area contributed by atoms with Gasteiger partial charge in [0.1, 0.15) is 12.7 Å². The van der Waals surface area contributed by atoms with Crippen LogP contribution in [-0.4, -0.2) is 72.0 Å². The number of ether oxygens (including phenoxy) is 1. The van der Waals surface area contributed by atoms with Crippen molar-refractivity contribution < 1.29 is 13.9 Å². The standard InChI is InChI=1S/C19H26FN5O2/c1-13-2-3-17-16(10-13)22-19(24-5-4-14(20)15(21)11-24)25(17)12-18(26)23-6-8-27-9-7-23/h2-3,10,14-15H,4-9,11-12,21H2,1H3/t14-,15+/m0/s1. The quantitative estimate of drug-likeness (QED) is 0.869. The lowest BCUT2D eigenvalue weighted by Gasteiger charge is -2.34. The summed E-state index contributed by atoms with van der Waals surface area (Å²) >= 11 is 0. The van der Waals surface area contributed by atoms with Crippen molar-refractivity contribution in [2.24, 2.45) is 5.73 Å². The van der Waals surface area contributed by atoms with Crippen LogP contribution in [0.1, 0.15) is 12.0 Å². The van der Waals surface area contributed by atoms with Crippen molar-refractivity contribution in [1.29, 1.82) is 0 Å². The number of anilines is 1. The monoisotopic (exact) mass is 375 g/mol. The van der Waals surface area contributed by atoms with Crippen molar-refractivity contribution in [3.05, 3.63) is 23.8 Å². The van der Waals surface area contributed by atoms with Crippen molar-refractivity contribution >= 4 is 22.9 Å². The predicted octanol–water partition coefficient (Wildman–Crippen LogP) is 1.08. The SMILES string of the molecule is Cc1ccc2c(c1)nc(N1CC[C@H](F)[C@H](N)C1)n2CC(=O)N1CCOCC1. The first-order valence-electron chi connectivity index (χ1n) is 9.50. The Labute approximate surface area is 157 Å². The van der Waals surface area contributed by atoms with E-state index in [2.05, 4.69) is 0 Å². The predicted molar refractivity (Wildman–Crippen MR) is 102 cm³/mol. The number of imidazole rings is 1. The molecule has 2 aromatic rings. The number of alkyl halides is 1. The van der Waals surface area contributed by atoms with Crippen LogP contribution in [0.5, 0.6) is 0 Å². The molecule has 1 aromatic heterocycles. The fourth-order valence-electron chi connectivity index (χ4n) is 3.81. The molecule has 146 valence electrons. The van der Waals surface area contributed by atoms with Crippen LogP contribution < -0.4 is 10.6 Å². The number of hydrogen-bond acceptors (Lipinski definition) is 5. The third-order valence-corrected chi connectivity index (χ3v) is 5.39. The summed E-state index contributed by atoms with van der Waals surface area (Å²) in [6, 6.07) is 5.48. The van der Waals surface area contributed by atoms with Crippen LogP contribution >= 0.6 is 0 Å². The largest absolute Gasteiger partial charge is 0.378 e. The van der Waals surface area contributed by atoms with Crippen molar-refractivity contribution in [2.75, 3.05) is 44.3 Å². The number of aryl methyl sites for hydroxylation is 1. The molecule has 27 heavy (non-hydrogen) atoms. The van der Waals surface area contributed by atoms with Gasteiger partial charge in [0.05, 0.1) is 30.3 Å². The number of hydrogen-bond donors (Lipinski definition) is 1. The fraction of sp³-hybridized carbons (Fsp3) is 0.579. The number of benzene rings is 1. The molecule has 2 aliphatic heterocycles. The Morgan fingerprint density at radius 2 is 2.11 bits per heavy atom. The van der Waals surface area contributed by atoms with E-state index in [1.165, 1.54) is 0 Å². The lowest BCUT2D eigenvalue weighted by molar-refractivity contribution is -0.135. The number of morpholine rings is 1. The number of amides is 1. The van der Waals surface area contributed by atoms with Crippen molar-refractivity contribution in [2.45, 2.75) is 32.1 Å². The highest BCUT2D eigenvalue weighted by atomic mass is 19.1. The molecule has 0 radical (unpaired) electrons. The molecule has 2 saturated heterocycles. The molecule has 8 heteroatoms. The second-order valence-corrected chi connectivity index (χ2v) is 7.40. The smallest absolute Gasteiger partial charge is 0.242 e. The summed E-state index contributed by atoms with van der Waals surface area (Å²) in [5, 5.41) is 0. The van der Waals surface area contributed by atoms with Gasteiger partial charge in [-0.05, 0) is 31.0 Å². The van der Waals surface area contributed by atoms with Crippen LogP contribution in [0.2, 0.25) is 0 Å². The minimum absolute atomic E-state index is 0.0455. The molecule has 2 aliphatic rings. The highest BCUT2D eigenvalue weighted by Gasteiger charge is 2.30. The molecule has 0 unspecified atom stereocenters. The van der Waals surface area contributed by atoms with Crippen LogP contribution in [0.25, 0.3) is 11.0 Å². The summed E-state index contributed by atoms with van der Waals surface area (Å²) in [6.07, 6.45) is -0.614. The Hall–Kier alpha value is -2.19. The van der Waals surface area contributed by atoms with Crippen molar-refractivity contribution in [3.8, 4) is 0 Å². The van der Waals surface area contributed by atoms with E-state index in [0.717, 1.165) is 16.6 Å². The molecule has 1 aromatic carbocycles. The molecule has 0 saturated carbocycles. The third-order valence-electron chi connectivity index (χ3n) is 5.39. The van der Waals surface area contributed by atoms with Gasteiger partial charge in [0, 0.05) is 26.2 Å². The number of nitrogens with zero attached hydrogens (tertiary/aromatic N) is 4. The first-order valence-corrected chi connectivity index (χ1v) is 9.50. The van der Waals surface area contributed by atoms with Crippen LogP contribution in [0.3, 0.4) is 0 Å². The lowest BCUT2D eigenvalue weighted by Crippen LogP contribution is -2.50. The molecule has 1 amide bonds. The number of rotatable bonds is 3. The second kappa shape index (κ2) is 7.44. The van der Waals surface area contributed by atoms with Crippen LogP contribution in [0.4, 0.5) is 10.3 Å². The number of halogens is 1. The number of fused-ring (bicyclic) bond motifs is 1. The molecular weight excluding hydrogens is 349 g/mol. The van der Waals surface area contributed by atoms with E-state index in [4.69, 9.17) is 15.5 Å². The van der Waals surface area contributed by atoms with Crippen LogP contribution in [0.15, 0.2) is 18.2 Å². The molecule has 3 heterocycles. The normalized spacial score (nSPS) is 23.8. The van der Waals surface area contributed by atoms with Gasteiger partial charge in [0.25, 0.3) is 0 Å². The molecule has 0 spiro atoms. The first-order chi connectivity index (χ1) is 13.0. The summed E-state index contributed by atoms with van der Waals surface area (Å²) in [5.41, 5.74) is 8.81. The van der Waals surface area contributed by atoms with E-state index in [1.807, 2.05) is 39.5 Å². The minimum atomic E-state index is -0.990. The molecule has 7 nitrogen and oxygen atoms in total. The van der Waals surface area contributed by atoms with E-state index in [-0.39, 0.29) is 12.5 Å². The Kier molecular flexibility index (Phi) is 5.01. The molecule has 2 atom stereocenters. The molecule has 2 N–H and O–H groups in total. The molecule has 0 bridgehead atoms. The Morgan fingerprint density at radius 1 is 1.33 bits per heavy atom. The van der Waals surface area contributed by atoms with Gasteiger partial charge in [-0.1, -0.05) is 6.07 Å². The van der Waals surface area contributed by atoms with Crippen LogP contribution in [-0.2, 0) is 16.1 Å². The third kappa shape index (κ3) is 3.64. The molecule has 2 fully saturated rings. The number of piperidine rings is 1. The maximum Gasteiger partial charge on any atom is 0.242 e. The van der Waals surface area contributed by atoms with Gasteiger partial charge in [0.2, 0.25) is 11.9 Å². The highest BCUT2D eigenvalue weighted by molar-refractivity contribution is 5.84. The number of carbonyl (C=O) groups is 1. The van der Waals surface area contributed by atoms with Gasteiger partial charge in [-0.15, -0.1) is 0 Å². The zero-order valence-corrected chi connectivity index (χ0v) is 15.6. The summed E-state index contributed by atoms with van der Waals surface area (Å²) in [6.45, 7) is 5.53. The Bertz CT molecular complexity index is 833. The Balaban J connectivity index is 1.67. The van der Waals surface area contributed by atoms with Gasteiger partial charge in [0.15, 0.2) is 0 Å². The number of aromatic nitrogens is 2. The van der Waals surface area contributed by atoms with E-state index >= 15 is 0 Å². The second-order valence-electron chi connectivity index (χ2n) is 7.40. The van der Waals surface area contributed by atoms with E-state index in [0.29, 0.717) is 51.8 Å². The van der Waals surface area contributed by atoms with Crippen molar-refractivity contribution in [3.63, 3.8) is 0 Å². The zero-order chi connectivity index (χ0) is 19.0. The molecule has 4 rings (SSSR count). The van der Waals surface area contributed by atoms with Gasteiger partial charge >= 0.3 is 0 Å². The Morgan fingerprint density at radius 3 is 2.85 bits per heavy atom. The van der Waals surface area contributed by atoms with E-state index in [1.54, 1.807) is 0 Å². The van der Waals surface area contributed by atoms with Gasteiger partial charge < -0.3 is 24.8 Å². The van der Waals surface area contributed by atoms with Gasteiger partial charge in [-0.25, -0.2) is 9.37 Å². The number of carbonyl (C=O) groups excluding carboxylic acids is 1. The highest BCUT2D eigenvalue weighted by Crippen LogP contribution is 2.27. The minimum Gasteiger partial charge on any atom is -0.378 e. The average molecular weight is 375 g/mol. The molecular formula is C19H26FN5O2.